The van der Waals surface area contributed by atoms with Crippen LogP contribution in [0.15, 0.2) is 72.8 Å². The number of hydrogen-bond donors (Lipinski definition) is 1. The Bertz CT molecular complexity index is 1330. The predicted octanol–water partition coefficient (Wildman–Crippen LogP) is 6.95. The Morgan fingerprint density at radius 1 is 0.756 bits per heavy atom. The second-order valence-corrected chi connectivity index (χ2v) is 12.7. The van der Waals surface area contributed by atoms with Gasteiger partial charge in [-0.2, -0.15) is 0 Å². The quantitative estimate of drug-likeness (QED) is 0.212. The maximum Gasteiger partial charge on any atom is 0.304 e. The molecule has 0 aromatic heterocycles. The number of rotatable bonds is 8. The van der Waals surface area contributed by atoms with Gasteiger partial charge >= 0.3 is 5.97 Å². The van der Waals surface area contributed by atoms with E-state index in [2.05, 4.69) is 75.6 Å². The Balaban J connectivity index is 0.000000178. The SMILES string of the molecule is C.CC(=O)OC(C)Cl.COc1ccc(C2[C@H]3CNC[C@@H]23)cc1.COc1ccc(CN2C[C@@H]3C(c4ccc(OC)cc4)[C@@H]3C2)cc1. The van der Waals surface area contributed by atoms with Crippen LogP contribution in [0.5, 0.6) is 17.2 Å². The van der Waals surface area contributed by atoms with Gasteiger partial charge in [0.2, 0.25) is 0 Å². The lowest BCUT2D eigenvalue weighted by molar-refractivity contribution is -0.142. The first kappa shape index (κ1) is 34.6. The molecule has 7 atom stereocenters. The molecule has 0 radical (unpaired) electrons. The molecule has 4 fully saturated rings. The highest BCUT2D eigenvalue weighted by Crippen LogP contribution is 2.58. The van der Waals surface area contributed by atoms with Crippen LogP contribution < -0.4 is 19.5 Å². The molecule has 4 aliphatic rings. The van der Waals surface area contributed by atoms with E-state index < -0.39 is 5.56 Å². The summed E-state index contributed by atoms with van der Waals surface area (Å²) in [5, 5.41) is 3.42. The van der Waals surface area contributed by atoms with Crippen LogP contribution in [0.3, 0.4) is 0 Å². The first-order chi connectivity index (χ1) is 21.3. The maximum atomic E-state index is 9.95. The highest BCUT2D eigenvalue weighted by Gasteiger charge is 2.56. The topological polar surface area (TPSA) is 69.3 Å². The van der Waals surface area contributed by atoms with Crippen LogP contribution in [0.25, 0.3) is 0 Å². The average molecular weight is 637 g/mol. The normalized spacial score (nSPS) is 25.8. The summed E-state index contributed by atoms with van der Waals surface area (Å²) in [5.41, 5.74) is 3.83. The third kappa shape index (κ3) is 8.93. The zero-order valence-electron chi connectivity index (χ0n) is 26.4. The van der Waals surface area contributed by atoms with Crippen molar-refractivity contribution in [1.29, 1.82) is 0 Å². The van der Waals surface area contributed by atoms with Crippen LogP contribution in [-0.2, 0) is 16.1 Å². The zero-order chi connectivity index (χ0) is 31.2. The van der Waals surface area contributed by atoms with E-state index >= 15 is 0 Å². The van der Waals surface area contributed by atoms with Crippen molar-refractivity contribution in [3.8, 4) is 17.2 Å². The molecule has 45 heavy (non-hydrogen) atoms. The van der Waals surface area contributed by atoms with E-state index in [1.807, 2.05) is 12.1 Å². The molecule has 2 saturated carbocycles. The second-order valence-electron chi connectivity index (χ2n) is 12.1. The number of alkyl halides is 1. The number of likely N-dealkylation sites (tertiary alicyclic amines) is 1. The van der Waals surface area contributed by atoms with Crippen LogP contribution in [0.2, 0.25) is 0 Å². The largest absolute Gasteiger partial charge is 0.497 e. The van der Waals surface area contributed by atoms with Gasteiger partial charge in [0.1, 0.15) is 17.2 Å². The fraction of sp³-hybridized carbons (Fsp3) is 0.486. The van der Waals surface area contributed by atoms with E-state index in [4.69, 9.17) is 25.8 Å². The lowest BCUT2D eigenvalue weighted by atomic mass is 10.1. The van der Waals surface area contributed by atoms with Crippen LogP contribution in [0.1, 0.15) is 49.8 Å². The summed E-state index contributed by atoms with van der Waals surface area (Å²) in [4.78, 5) is 12.5. The lowest BCUT2D eigenvalue weighted by Gasteiger charge is -2.19. The van der Waals surface area contributed by atoms with Gasteiger partial charge in [0.25, 0.3) is 0 Å². The van der Waals surface area contributed by atoms with E-state index in [-0.39, 0.29) is 13.4 Å². The van der Waals surface area contributed by atoms with Crippen LogP contribution >= 0.6 is 11.6 Å². The number of nitrogens with zero attached hydrogens (tertiary/aromatic N) is 1. The molecule has 0 bridgehead atoms. The van der Waals surface area contributed by atoms with Gasteiger partial charge in [-0.15, -0.1) is 0 Å². The lowest BCUT2D eigenvalue weighted by Crippen LogP contribution is -2.23. The van der Waals surface area contributed by atoms with E-state index in [0.717, 1.165) is 59.3 Å². The Morgan fingerprint density at radius 3 is 1.51 bits per heavy atom. The number of hydrogen-bond acceptors (Lipinski definition) is 7. The predicted molar refractivity (Wildman–Crippen MR) is 180 cm³/mol. The van der Waals surface area contributed by atoms with Gasteiger partial charge in [-0.05, 0) is 109 Å². The first-order valence-electron chi connectivity index (χ1n) is 15.5. The van der Waals surface area contributed by atoms with Gasteiger partial charge in [-0.3, -0.25) is 9.69 Å². The molecule has 3 unspecified atom stereocenters. The smallest absolute Gasteiger partial charge is 0.304 e. The molecule has 2 aliphatic heterocycles. The number of ether oxygens (including phenoxy) is 4. The number of carbonyl (C=O) groups excluding carboxylic acids is 1. The number of esters is 1. The van der Waals surface area contributed by atoms with Gasteiger partial charge < -0.3 is 24.3 Å². The fourth-order valence-corrected chi connectivity index (χ4v) is 7.15. The van der Waals surface area contributed by atoms with Crippen molar-refractivity contribution in [3.05, 3.63) is 89.5 Å². The highest BCUT2D eigenvalue weighted by molar-refractivity contribution is 6.19. The third-order valence-electron chi connectivity index (χ3n) is 9.26. The van der Waals surface area contributed by atoms with Gasteiger partial charge in [-0.1, -0.05) is 55.4 Å². The van der Waals surface area contributed by atoms with Crippen molar-refractivity contribution >= 4 is 17.6 Å². The molecule has 0 spiro atoms. The molecule has 8 heteroatoms. The minimum absolute atomic E-state index is 0. The van der Waals surface area contributed by atoms with E-state index in [1.54, 1.807) is 28.3 Å². The minimum Gasteiger partial charge on any atom is -0.497 e. The number of piperidine rings is 2. The van der Waals surface area contributed by atoms with Gasteiger partial charge in [0.05, 0.1) is 21.3 Å². The molecule has 2 saturated heterocycles. The molecule has 7 rings (SSSR count). The van der Waals surface area contributed by atoms with Crippen molar-refractivity contribution in [2.24, 2.45) is 23.7 Å². The minimum atomic E-state index is -0.502. The summed E-state index contributed by atoms with van der Waals surface area (Å²) in [7, 11) is 5.14. The summed E-state index contributed by atoms with van der Waals surface area (Å²) in [6.45, 7) is 8.80. The summed E-state index contributed by atoms with van der Waals surface area (Å²) in [6, 6.07) is 25.6. The van der Waals surface area contributed by atoms with Crippen molar-refractivity contribution in [3.63, 3.8) is 0 Å². The Kier molecular flexibility index (Phi) is 12.2. The molecule has 244 valence electrons. The van der Waals surface area contributed by atoms with Gasteiger partial charge in [-0.25, -0.2) is 0 Å². The van der Waals surface area contributed by atoms with Crippen molar-refractivity contribution in [1.82, 2.24) is 10.2 Å². The van der Waals surface area contributed by atoms with Gasteiger partial charge in [0, 0.05) is 26.6 Å². The summed E-state index contributed by atoms with van der Waals surface area (Å²) < 4.78 is 20.0. The van der Waals surface area contributed by atoms with E-state index in [0.29, 0.717) is 0 Å². The van der Waals surface area contributed by atoms with Crippen molar-refractivity contribution in [2.45, 2.75) is 45.2 Å². The number of benzene rings is 3. The monoisotopic (exact) mass is 636 g/mol. The standard InChI is InChI=1S/C20H23NO2.C12H15NO.C4H7ClO2.CH4/c1-22-16-7-3-14(4-8-16)11-21-12-18-19(13-21)20(18)15-5-9-17(23-2)10-6-15;1-14-9-4-2-8(3-5-9)12-10-6-13-7-11(10)12;1-3(5)7-4(2)6;/h3-10,18-20H,11-13H2,1-2H3;2-5,10-13H,6-7H2,1H3;3H,1-2H3;1H4/t18-,19+,20?;10-,11+,12?;;. The number of halogens is 1. The molecule has 0 amide bonds. The number of carbonyl (C=O) groups is 1. The van der Waals surface area contributed by atoms with E-state index in [1.165, 1.54) is 49.8 Å². The van der Waals surface area contributed by atoms with Crippen LogP contribution in [0, 0.1) is 23.7 Å². The van der Waals surface area contributed by atoms with Crippen molar-refractivity contribution in [2.75, 3.05) is 47.5 Å². The molecule has 1 N–H and O–H groups in total. The third-order valence-corrected chi connectivity index (χ3v) is 9.35. The van der Waals surface area contributed by atoms with Crippen molar-refractivity contribution < 1.29 is 23.7 Å². The molecular formula is C37H49ClN2O5. The average Bonchev–Trinajstić information content (AvgIpc) is 3.74. The Morgan fingerprint density at radius 2 is 1.16 bits per heavy atom. The Labute approximate surface area is 274 Å². The van der Waals surface area contributed by atoms with Crippen LogP contribution in [0.4, 0.5) is 0 Å². The molecule has 7 nitrogen and oxygen atoms in total. The first-order valence-corrected chi connectivity index (χ1v) is 15.9. The maximum absolute atomic E-state index is 9.95. The second kappa shape index (κ2) is 15.8. The summed E-state index contributed by atoms with van der Waals surface area (Å²) in [5.74, 6) is 7.55. The number of fused-ring (bicyclic) bond motifs is 2. The zero-order valence-corrected chi connectivity index (χ0v) is 27.1. The van der Waals surface area contributed by atoms with Crippen LogP contribution in [-0.4, -0.2) is 63.9 Å². The van der Waals surface area contributed by atoms with Gasteiger partial charge in [0.15, 0.2) is 5.56 Å². The molecular weight excluding hydrogens is 588 g/mol. The van der Waals surface area contributed by atoms with E-state index in [9.17, 15) is 4.79 Å². The molecule has 2 heterocycles. The molecule has 3 aromatic rings. The molecule has 3 aromatic carbocycles. The summed E-state index contributed by atoms with van der Waals surface area (Å²) >= 11 is 5.23. The number of nitrogens with one attached hydrogen (secondary N) is 1. The number of methoxy groups -OCH3 is 3. The highest BCUT2D eigenvalue weighted by atomic mass is 35.5. The Hall–Kier alpha value is -3.26. The molecule has 2 aliphatic carbocycles. The summed E-state index contributed by atoms with van der Waals surface area (Å²) in [6.07, 6.45) is 0. The fourth-order valence-electron chi connectivity index (χ4n) is 7.02.